The number of benzene rings is 1. The second-order valence-electron chi connectivity index (χ2n) is 8.01. The van der Waals surface area contributed by atoms with Gasteiger partial charge in [0.05, 0.1) is 12.3 Å². The van der Waals surface area contributed by atoms with Gasteiger partial charge in [-0.3, -0.25) is 4.79 Å². The number of piperidine rings is 1. The second-order valence-corrected chi connectivity index (χ2v) is 9.99. The number of fused-ring (bicyclic) bond motifs is 1. The first-order valence-electron chi connectivity index (χ1n) is 9.03. The van der Waals surface area contributed by atoms with Crippen molar-refractivity contribution in [3.8, 4) is 0 Å². The van der Waals surface area contributed by atoms with Crippen molar-refractivity contribution in [2.45, 2.75) is 51.0 Å². The van der Waals surface area contributed by atoms with Crippen LogP contribution < -0.4 is 5.32 Å². The molecule has 1 fully saturated rings. The summed E-state index contributed by atoms with van der Waals surface area (Å²) >= 11 is 0. The molecule has 0 aromatic heterocycles. The van der Waals surface area contributed by atoms with Crippen molar-refractivity contribution in [3.05, 3.63) is 35.4 Å². The van der Waals surface area contributed by atoms with E-state index < -0.39 is 10.0 Å². The number of sulfonamides is 1. The fourth-order valence-corrected chi connectivity index (χ4v) is 4.98. The average molecular weight is 365 g/mol. The Bertz CT molecular complexity index is 750. The molecule has 6 heteroatoms. The fraction of sp³-hybridized carbons (Fsp3) is 0.632. The van der Waals surface area contributed by atoms with E-state index in [2.05, 4.69) is 37.4 Å². The van der Waals surface area contributed by atoms with Crippen LogP contribution in [0.15, 0.2) is 24.3 Å². The highest BCUT2D eigenvalue weighted by atomic mass is 32.2. The smallest absolute Gasteiger partial charge is 0.223 e. The molecule has 1 heterocycles. The Morgan fingerprint density at radius 1 is 1.16 bits per heavy atom. The van der Waals surface area contributed by atoms with Crippen molar-refractivity contribution in [1.82, 2.24) is 9.62 Å². The van der Waals surface area contributed by atoms with E-state index in [9.17, 15) is 13.2 Å². The van der Waals surface area contributed by atoms with Gasteiger partial charge in [0.15, 0.2) is 0 Å². The van der Waals surface area contributed by atoms with Crippen molar-refractivity contribution in [1.29, 1.82) is 0 Å². The molecule has 5 nitrogen and oxygen atoms in total. The van der Waals surface area contributed by atoms with Gasteiger partial charge >= 0.3 is 0 Å². The summed E-state index contributed by atoms with van der Waals surface area (Å²) in [6.45, 7) is 5.38. The molecular weight excluding hydrogens is 336 g/mol. The second kappa shape index (κ2) is 6.72. The molecule has 1 aromatic rings. The summed E-state index contributed by atoms with van der Waals surface area (Å²) in [5.41, 5.74) is 2.68. The van der Waals surface area contributed by atoms with E-state index in [0.29, 0.717) is 25.9 Å². The van der Waals surface area contributed by atoms with Gasteiger partial charge in [-0.1, -0.05) is 38.1 Å². The quantitative estimate of drug-likeness (QED) is 0.896. The van der Waals surface area contributed by atoms with Crippen molar-refractivity contribution in [2.75, 3.05) is 19.3 Å². The lowest BCUT2D eigenvalue weighted by Gasteiger charge is -2.38. The van der Waals surface area contributed by atoms with Gasteiger partial charge in [-0.2, -0.15) is 0 Å². The Balaban J connectivity index is 1.67. The number of hydrogen-bond acceptors (Lipinski definition) is 3. The standard InChI is InChI=1S/C19H28N2O3S/c1-19(2)11-8-17(15-6-4-5-7-16(15)19)20-18(22)14-9-12-21(13-10-14)25(3,23)24/h4-7,14,17H,8-13H2,1-3H3,(H,20,22)/t17-/m1/s1. The molecule has 0 bridgehead atoms. The number of carbonyl (C=O) groups is 1. The zero-order chi connectivity index (χ0) is 18.2. The molecule has 1 amide bonds. The van der Waals surface area contributed by atoms with Gasteiger partial charge in [-0.05, 0) is 42.2 Å². The third kappa shape index (κ3) is 3.90. The third-order valence-corrected chi connectivity index (χ3v) is 7.04. The summed E-state index contributed by atoms with van der Waals surface area (Å²) in [5.74, 6) is -0.0345. The first-order chi connectivity index (χ1) is 11.7. The maximum Gasteiger partial charge on any atom is 0.223 e. The lowest BCUT2D eigenvalue weighted by molar-refractivity contribution is -0.127. The Hall–Kier alpha value is -1.40. The summed E-state index contributed by atoms with van der Waals surface area (Å²) in [4.78, 5) is 12.7. The summed E-state index contributed by atoms with van der Waals surface area (Å²) in [7, 11) is -3.15. The van der Waals surface area contributed by atoms with Crippen LogP contribution in [0, 0.1) is 5.92 Å². The molecule has 25 heavy (non-hydrogen) atoms. The number of amides is 1. The van der Waals surface area contributed by atoms with E-state index in [1.165, 1.54) is 21.7 Å². The lowest BCUT2D eigenvalue weighted by Crippen LogP contribution is -2.44. The fourth-order valence-electron chi connectivity index (χ4n) is 4.10. The lowest BCUT2D eigenvalue weighted by atomic mass is 9.71. The SMILES string of the molecule is CC1(C)CC[C@@H](NC(=O)C2CCN(S(C)(=O)=O)CC2)c2ccccc21. The largest absolute Gasteiger partial charge is 0.349 e. The van der Waals surface area contributed by atoms with Crippen LogP contribution >= 0.6 is 0 Å². The number of nitrogens with one attached hydrogen (secondary N) is 1. The predicted molar refractivity (Wildman–Crippen MR) is 98.7 cm³/mol. The maximum atomic E-state index is 12.7. The minimum Gasteiger partial charge on any atom is -0.349 e. The van der Waals surface area contributed by atoms with Crippen LogP contribution in [0.4, 0.5) is 0 Å². The molecule has 0 spiro atoms. The highest BCUT2D eigenvalue weighted by Gasteiger charge is 2.35. The summed E-state index contributed by atoms with van der Waals surface area (Å²) in [6.07, 6.45) is 4.41. The van der Waals surface area contributed by atoms with E-state index in [0.717, 1.165) is 12.8 Å². The Kier molecular flexibility index (Phi) is 4.95. The van der Waals surface area contributed by atoms with Gasteiger partial charge in [-0.15, -0.1) is 0 Å². The minimum absolute atomic E-state index is 0.0599. The van der Waals surface area contributed by atoms with Gasteiger partial charge in [0, 0.05) is 19.0 Å². The molecule has 1 aromatic carbocycles. The van der Waals surface area contributed by atoms with E-state index in [1.54, 1.807) is 0 Å². The van der Waals surface area contributed by atoms with Crippen LogP contribution in [0.25, 0.3) is 0 Å². The highest BCUT2D eigenvalue weighted by molar-refractivity contribution is 7.88. The van der Waals surface area contributed by atoms with Crippen molar-refractivity contribution in [2.24, 2.45) is 5.92 Å². The van der Waals surface area contributed by atoms with Gasteiger partial charge in [0.1, 0.15) is 0 Å². The van der Waals surface area contributed by atoms with Crippen LogP contribution in [0.1, 0.15) is 56.7 Å². The van der Waals surface area contributed by atoms with Crippen LogP contribution in [0.5, 0.6) is 0 Å². The Labute approximate surface area is 150 Å². The molecule has 138 valence electrons. The van der Waals surface area contributed by atoms with E-state index in [-0.39, 0.29) is 23.3 Å². The van der Waals surface area contributed by atoms with Crippen molar-refractivity contribution in [3.63, 3.8) is 0 Å². The topological polar surface area (TPSA) is 66.5 Å². The first-order valence-corrected chi connectivity index (χ1v) is 10.9. The molecule has 1 atom stereocenters. The van der Waals surface area contributed by atoms with E-state index in [1.807, 2.05) is 6.07 Å². The number of rotatable bonds is 3. The van der Waals surface area contributed by atoms with Gasteiger partial charge in [0.2, 0.25) is 15.9 Å². The van der Waals surface area contributed by atoms with Crippen molar-refractivity contribution >= 4 is 15.9 Å². The van der Waals surface area contributed by atoms with Crippen LogP contribution in [0.2, 0.25) is 0 Å². The number of carbonyl (C=O) groups excluding carboxylic acids is 1. The van der Waals surface area contributed by atoms with E-state index in [4.69, 9.17) is 0 Å². The van der Waals surface area contributed by atoms with Crippen molar-refractivity contribution < 1.29 is 13.2 Å². The highest BCUT2D eigenvalue weighted by Crippen LogP contribution is 2.41. The molecule has 0 unspecified atom stereocenters. The Morgan fingerprint density at radius 2 is 1.80 bits per heavy atom. The zero-order valence-electron chi connectivity index (χ0n) is 15.3. The molecule has 1 saturated heterocycles. The molecular formula is C19H28N2O3S. The van der Waals surface area contributed by atoms with Crippen LogP contribution in [-0.2, 0) is 20.2 Å². The Morgan fingerprint density at radius 3 is 2.44 bits per heavy atom. The molecule has 1 aliphatic heterocycles. The summed E-state index contributed by atoms with van der Waals surface area (Å²) in [6, 6.07) is 8.44. The molecule has 0 radical (unpaired) electrons. The monoisotopic (exact) mass is 364 g/mol. The number of hydrogen-bond donors (Lipinski definition) is 1. The van der Waals surface area contributed by atoms with Gasteiger partial charge < -0.3 is 5.32 Å². The predicted octanol–water partition coefficient (Wildman–Crippen LogP) is 2.59. The van der Waals surface area contributed by atoms with Crippen LogP contribution in [-0.4, -0.2) is 38.0 Å². The summed E-state index contributed by atoms with van der Waals surface area (Å²) in [5, 5.41) is 3.23. The molecule has 0 saturated carbocycles. The first kappa shape index (κ1) is 18.4. The maximum absolute atomic E-state index is 12.7. The van der Waals surface area contributed by atoms with E-state index >= 15 is 0 Å². The molecule has 3 rings (SSSR count). The van der Waals surface area contributed by atoms with Gasteiger partial charge in [0.25, 0.3) is 0 Å². The molecule has 2 aliphatic rings. The zero-order valence-corrected chi connectivity index (χ0v) is 16.1. The van der Waals surface area contributed by atoms with Gasteiger partial charge in [-0.25, -0.2) is 12.7 Å². The average Bonchev–Trinajstić information content (AvgIpc) is 2.57. The molecule has 1 aliphatic carbocycles. The third-order valence-electron chi connectivity index (χ3n) is 5.73. The normalized spacial score (nSPS) is 24.5. The molecule has 1 N–H and O–H groups in total. The minimum atomic E-state index is -3.15. The summed E-state index contributed by atoms with van der Waals surface area (Å²) < 4.78 is 24.7. The number of nitrogens with zero attached hydrogens (tertiary/aromatic N) is 1. The van der Waals surface area contributed by atoms with Crippen LogP contribution in [0.3, 0.4) is 0 Å².